The third kappa shape index (κ3) is 8.25. The Kier molecular flexibility index (Phi) is 11.3. The Bertz CT molecular complexity index is 4370. The third-order valence-electron chi connectivity index (χ3n) is 11.1. The number of aromatic nitrogens is 3. The number of anilines is 5. The highest BCUT2D eigenvalue weighted by molar-refractivity contribution is 7.87. The molecule has 11 rings (SSSR count). The van der Waals surface area contributed by atoms with Crippen LogP contribution in [-0.4, -0.2) is 66.8 Å². The van der Waals surface area contributed by atoms with Gasteiger partial charge in [0.15, 0.2) is 60.7 Å². The minimum absolute atomic E-state index is 0.0594. The Morgan fingerprint density at radius 2 is 0.733 bits per heavy atom. The molecule has 7 aromatic rings. The molecule has 0 amide bonds. The second kappa shape index (κ2) is 17.0. The molecule has 4 aliphatic heterocycles. The standard InChI is InChI=1S/C41H22Cl4N10O16S4/c1-11-3-5-14-28(36(11)72(56,57)58)68-32-20(42)26-34(22(44)24(32)49-14)70-30-16(51-26)7-9-18(38(30)74(62,63)64)53-40-47-12(2)48-41(55-40)54-19-10-8-17-31(39(19)75(65,66)67)71-35-23(45)25-33(21(43)27(35)52-17)69-29-15(50-25)6-4-13(46)37(29)73(59,60)61/h3-10H,46H2,1-2H3,(H,56,57,58)(H,59,60,61)(H,62,63,64)(H,65,66,67)(H2,47,48,53,54,55). The second-order valence-corrected chi connectivity index (χ2v) is 22.9. The van der Waals surface area contributed by atoms with Crippen molar-refractivity contribution in [2.45, 2.75) is 33.4 Å². The number of fused-ring (bicyclic) bond motifs is 8. The topological polar surface area (TPSA) is 393 Å². The lowest BCUT2D eigenvalue weighted by molar-refractivity contribution is 0.427. The van der Waals surface area contributed by atoms with Crippen LogP contribution in [0.25, 0.3) is 0 Å². The van der Waals surface area contributed by atoms with Crippen molar-refractivity contribution in [2.75, 3.05) is 16.4 Å². The van der Waals surface area contributed by atoms with E-state index in [0.29, 0.717) is 0 Å². The molecular formula is C41H22Cl4N10O16S4. The van der Waals surface area contributed by atoms with Gasteiger partial charge in [-0.15, -0.1) is 0 Å². The molecule has 0 atom stereocenters. The number of nitrogens with two attached hydrogens (primary N) is 1. The van der Waals surface area contributed by atoms with E-state index in [1.54, 1.807) is 0 Å². The maximum absolute atomic E-state index is 13.2. The lowest BCUT2D eigenvalue weighted by atomic mass is 10.1. The van der Waals surface area contributed by atoms with Crippen molar-refractivity contribution in [1.82, 2.24) is 15.0 Å². The second-order valence-electron chi connectivity index (χ2n) is 16.0. The summed E-state index contributed by atoms with van der Waals surface area (Å²) in [5.74, 6) is -4.27. The molecule has 8 N–H and O–H groups in total. The quantitative estimate of drug-likeness (QED) is 0.0576. The number of aryl methyl sites for hydroxylation is 2. The average molecular weight is 1180 g/mol. The first-order valence-corrected chi connectivity index (χ1v) is 27.6. The zero-order valence-corrected chi connectivity index (χ0v) is 42.9. The van der Waals surface area contributed by atoms with Crippen LogP contribution in [0.4, 0.5) is 51.7 Å². The molecule has 75 heavy (non-hydrogen) atoms. The Morgan fingerprint density at radius 1 is 0.427 bits per heavy atom. The number of ether oxygens (including phenoxy) is 4. The summed E-state index contributed by atoms with van der Waals surface area (Å²) in [6.07, 6.45) is 0. The van der Waals surface area contributed by atoms with E-state index in [0.717, 1.165) is 18.2 Å². The van der Waals surface area contributed by atoms with E-state index in [2.05, 4.69) is 45.6 Å². The molecule has 5 heterocycles. The fraction of sp³-hybridized carbons (Fsp3) is 0.0488. The molecule has 0 radical (unpaired) electrons. The lowest BCUT2D eigenvalue weighted by Gasteiger charge is -2.23. The Morgan fingerprint density at radius 3 is 1.08 bits per heavy atom. The Labute approximate surface area is 438 Å². The first kappa shape index (κ1) is 50.1. The summed E-state index contributed by atoms with van der Waals surface area (Å²) >= 11 is 26.9. The van der Waals surface area contributed by atoms with Crippen LogP contribution in [0.15, 0.2) is 88.1 Å². The predicted molar refractivity (Wildman–Crippen MR) is 262 cm³/mol. The molecule has 34 heteroatoms. The van der Waals surface area contributed by atoms with Crippen LogP contribution in [0.2, 0.25) is 20.1 Å². The van der Waals surface area contributed by atoms with Crippen molar-refractivity contribution >= 4 is 139 Å². The van der Waals surface area contributed by atoms with Gasteiger partial charge in [-0.3, -0.25) is 18.2 Å². The number of rotatable bonds is 8. The van der Waals surface area contributed by atoms with Gasteiger partial charge in [-0.05, 0) is 61.9 Å². The van der Waals surface area contributed by atoms with Gasteiger partial charge in [0.2, 0.25) is 11.9 Å². The Balaban J connectivity index is 0.950. The van der Waals surface area contributed by atoms with Crippen molar-refractivity contribution < 1.29 is 70.8 Å². The van der Waals surface area contributed by atoms with Crippen LogP contribution >= 0.6 is 46.4 Å². The zero-order valence-electron chi connectivity index (χ0n) is 36.7. The van der Waals surface area contributed by atoms with Gasteiger partial charge in [-0.25, -0.2) is 20.0 Å². The molecule has 1 aromatic heterocycles. The number of halogens is 4. The first-order chi connectivity index (χ1) is 35.1. The van der Waals surface area contributed by atoms with E-state index in [1.165, 1.54) is 44.2 Å². The SMILES string of the molecule is Cc1nc(Nc2ccc3c(c2S(=O)(=O)O)Oc2c(Cl)c4c(c(Cl)c2=N3)Oc2c(ccc(C)c2S(=O)(=O)O)N=4)nc(Nc2ccc3c(c2S(=O)(=O)O)Oc2c(Cl)c4c(c(Cl)c2=N3)Oc2c(ccc(N)c2S(=O)(=O)O)N=4)n1. The molecule has 0 aliphatic carbocycles. The van der Waals surface area contributed by atoms with Crippen molar-refractivity contribution in [3.63, 3.8) is 0 Å². The van der Waals surface area contributed by atoms with Crippen LogP contribution in [-0.2, 0) is 40.5 Å². The van der Waals surface area contributed by atoms with Gasteiger partial charge >= 0.3 is 0 Å². The van der Waals surface area contributed by atoms with Crippen LogP contribution in [0.5, 0.6) is 46.0 Å². The van der Waals surface area contributed by atoms with E-state index in [-0.39, 0.29) is 110 Å². The summed E-state index contributed by atoms with van der Waals surface area (Å²) in [6, 6.07) is 9.88. The van der Waals surface area contributed by atoms with E-state index >= 15 is 0 Å². The third-order valence-corrected chi connectivity index (χ3v) is 16.3. The van der Waals surface area contributed by atoms with E-state index in [1.807, 2.05) is 0 Å². The fourth-order valence-corrected chi connectivity index (χ4v) is 12.3. The van der Waals surface area contributed by atoms with Gasteiger partial charge < -0.3 is 35.3 Å². The molecule has 0 spiro atoms. The van der Waals surface area contributed by atoms with E-state index in [9.17, 15) is 51.9 Å². The highest BCUT2D eigenvalue weighted by Gasteiger charge is 2.37. The van der Waals surface area contributed by atoms with Gasteiger partial charge in [-0.1, -0.05) is 52.5 Å². The predicted octanol–water partition coefficient (Wildman–Crippen LogP) is 7.39. The minimum atomic E-state index is -5.28. The summed E-state index contributed by atoms with van der Waals surface area (Å²) in [7, 11) is -20.4. The largest absolute Gasteiger partial charge is 0.450 e. The van der Waals surface area contributed by atoms with Crippen LogP contribution in [0.1, 0.15) is 11.4 Å². The number of hydrogen-bond donors (Lipinski definition) is 7. The highest BCUT2D eigenvalue weighted by atomic mass is 35.5. The molecule has 0 saturated heterocycles. The molecule has 0 bridgehead atoms. The molecule has 0 saturated carbocycles. The van der Waals surface area contributed by atoms with Gasteiger partial charge in [-0.2, -0.15) is 48.6 Å². The molecule has 26 nitrogen and oxygen atoms in total. The average Bonchev–Trinajstić information content (AvgIpc) is 3.31. The van der Waals surface area contributed by atoms with Crippen LogP contribution in [0, 0.1) is 13.8 Å². The summed E-state index contributed by atoms with van der Waals surface area (Å²) in [5, 5.41) is 3.03. The maximum Gasteiger partial charge on any atom is 0.300 e. The normalized spacial score (nSPS) is 13.7. The fourth-order valence-electron chi connectivity index (χ4n) is 8.11. The highest BCUT2D eigenvalue weighted by Crippen LogP contribution is 2.51. The minimum Gasteiger partial charge on any atom is -0.450 e. The summed E-state index contributed by atoms with van der Waals surface area (Å²) in [4.78, 5) is 26.9. The lowest BCUT2D eigenvalue weighted by Crippen LogP contribution is -2.23. The molecular weight excluding hydrogens is 1160 g/mol. The van der Waals surface area contributed by atoms with Crippen molar-refractivity contribution in [3.8, 4) is 46.0 Å². The van der Waals surface area contributed by atoms with Gasteiger partial charge in [0.25, 0.3) is 40.5 Å². The zero-order chi connectivity index (χ0) is 53.7. The summed E-state index contributed by atoms with van der Waals surface area (Å²) in [6.45, 7) is 2.79. The number of hydrogen-bond acceptors (Lipinski definition) is 22. The summed E-state index contributed by atoms with van der Waals surface area (Å²) < 4.78 is 167. The number of nitrogens with one attached hydrogen (secondary N) is 2. The summed E-state index contributed by atoms with van der Waals surface area (Å²) in [5.41, 5.74) is 4.02. The van der Waals surface area contributed by atoms with Crippen LogP contribution in [0.3, 0.4) is 0 Å². The van der Waals surface area contributed by atoms with Crippen molar-refractivity contribution in [3.05, 3.63) is 101 Å². The van der Waals surface area contributed by atoms with Gasteiger partial charge in [0.1, 0.15) is 75.0 Å². The molecule has 6 aromatic carbocycles. The smallest absolute Gasteiger partial charge is 0.300 e. The maximum atomic E-state index is 13.2. The van der Waals surface area contributed by atoms with E-state index < -0.39 is 101 Å². The van der Waals surface area contributed by atoms with Gasteiger partial charge in [0.05, 0.1) is 17.1 Å². The van der Waals surface area contributed by atoms with Crippen molar-refractivity contribution in [1.29, 1.82) is 0 Å². The first-order valence-electron chi connectivity index (χ1n) is 20.3. The molecule has 4 aliphatic rings. The molecule has 0 fully saturated rings. The van der Waals surface area contributed by atoms with E-state index in [4.69, 9.17) is 71.1 Å². The van der Waals surface area contributed by atoms with Crippen molar-refractivity contribution in [2.24, 2.45) is 20.0 Å². The molecule has 0 unspecified atom stereocenters. The number of benzene rings is 6. The monoisotopic (exact) mass is 1180 g/mol. The Hall–Kier alpha value is -7.07. The van der Waals surface area contributed by atoms with Crippen LogP contribution < -0.4 is 56.7 Å². The van der Waals surface area contributed by atoms with Gasteiger partial charge in [0, 0.05) is 0 Å². The number of nitrogens with zero attached hydrogens (tertiary/aromatic N) is 7. The molecule has 384 valence electrons. The number of nitrogen functional groups attached to an aromatic ring is 1.